The highest BCUT2D eigenvalue weighted by molar-refractivity contribution is 6.07. The molecule has 3 aliphatic rings. The van der Waals surface area contributed by atoms with E-state index in [0.29, 0.717) is 19.4 Å². The molecule has 1 aromatic rings. The summed E-state index contributed by atoms with van der Waals surface area (Å²) >= 11 is 0. The maximum absolute atomic E-state index is 12.5. The van der Waals surface area contributed by atoms with Crippen LogP contribution in [0.5, 0.6) is 0 Å². The van der Waals surface area contributed by atoms with Crippen LogP contribution in [0, 0.1) is 11.8 Å². The molecule has 1 aromatic heterocycles. The van der Waals surface area contributed by atoms with Crippen molar-refractivity contribution in [2.24, 2.45) is 11.8 Å². The highest BCUT2D eigenvalue weighted by Gasteiger charge is 2.47. The van der Waals surface area contributed by atoms with E-state index in [0.717, 1.165) is 36.6 Å². The number of imide groups is 1. The molecule has 3 amide bonds. The first-order valence-corrected chi connectivity index (χ1v) is 10.2. The number of hydrogen-bond donors (Lipinski definition) is 1. The normalized spacial score (nSPS) is 26.4. The lowest BCUT2D eigenvalue weighted by Gasteiger charge is -2.33. The van der Waals surface area contributed by atoms with Crippen LogP contribution in [-0.4, -0.2) is 53.7 Å². The molecule has 7 heteroatoms. The second kappa shape index (κ2) is 8.31. The Morgan fingerprint density at radius 2 is 1.79 bits per heavy atom. The van der Waals surface area contributed by atoms with Gasteiger partial charge < -0.3 is 9.73 Å². The number of nitrogens with one attached hydrogen (secondary N) is 1. The number of likely N-dealkylation sites (tertiary alicyclic amines) is 2. The van der Waals surface area contributed by atoms with Crippen LogP contribution in [0.4, 0.5) is 0 Å². The Bertz CT molecular complexity index is 726. The summed E-state index contributed by atoms with van der Waals surface area (Å²) in [7, 11) is 0. The Morgan fingerprint density at radius 1 is 1.11 bits per heavy atom. The first-order valence-electron chi connectivity index (χ1n) is 10.2. The van der Waals surface area contributed by atoms with Gasteiger partial charge in [0.05, 0.1) is 24.1 Å². The molecular formula is C21H27N3O4. The van der Waals surface area contributed by atoms with E-state index < -0.39 is 0 Å². The number of allylic oxidation sites excluding steroid dienone is 2. The lowest BCUT2D eigenvalue weighted by atomic mass is 9.85. The minimum Gasteiger partial charge on any atom is -0.468 e. The van der Waals surface area contributed by atoms with Crippen molar-refractivity contribution in [1.82, 2.24) is 15.1 Å². The van der Waals surface area contributed by atoms with Crippen molar-refractivity contribution < 1.29 is 18.8 Å². The van der Waals surface area contributed by atoms with Crippen molar-refractivity contribution in [1.29, 1.82) is 0 Å². The maximum Gasteiger partial charge on any atom is 0.240 e. The number of carbonyl (C=O) groups excluding carboxylic acids is 3. The fourth-order valence-electron chi connectivity index (χ4n) is 4.56. The summed E-state index contributed by atoms with van der Waals surface area (Å²) < 4.78 is 5.59. The minimum absolute atomic E-state index is 0.0315. The molecule has 0 radical (unpaired) electrons. The molecule has 0 spiro atoms. The van der Waals surface area contributed by atoms with Gasteiger partial charge in [-0.3, -0.25) is 24.2 Å². The van der Waals surface area contributed by atoms with Crippen molar-refractivity contribution in [2.75, 3.05) is 26.2 Å². The monoisotopic (exact) mass is 385 g/mol. The molecule has 0 bridgehead atoms. The molecule has 0 unspecified atom stereocenters. The van der Waals surface area contributed by atoms with E-state index in [1.54, 1.807) is 6.26 Å². The fraction of sp³-hybridized carbons (Fsp3) is 0.571. The number of hydrogen-bond acceptors (Lipinski definition) is 5. The van der Waals surface area contributed by atoms with Gasteiger partial charge >= 0.3 is 0 Å². The summed E-state index contributed by atoms with van der Waals surface area (Å²) in [5.41, 5.74) is 0. The van der Waals surface area contributed by atoms with Gasteiger partial charge in [-0.1, -0.05) is 18.6 Å². The predicted molar refractivity (Wildman–Crippen MR) is 102 cm³/mol. The van der Waals surface area contributed by atoms with Gasteiger partial charge in [0.2, 0.25) is 17.7 Å². The fourth-order valence-corrected chi connectivity index (χ4v) is 4.56. The molecule has 28 heavy (non-hydrogen) atoms. The van der Waals surface area contributed by atoms with Gasteiger partial charge in [-0.2, -0.15) is 0 Å². The zero-order chi connectivity index (χ0) is 19.5. The Balaban J connectivity index is 1.36. The molecule has 0 aromatic carbocycles. The van der Waals surface area contributed by atoms with Crippen molar-refractivity contribution in [3.05, 3.63) is 36.3 Å². The SMILES string of the molecule is O=C(CN1C(=O)[C@H]2CC=CC[C@H]2C1=O)NC[C@@H](c1ccco1)N1CCCCC1. The van der Waals surface area contributed by atoms with Gasteiger partial charge in [-0.25, -0.2) is 0 Å². The van der Waals surface area contributed by atoms with Crippen LogP contribution < -0.4 is 5.32 Å². The summed E-state index contributed by atoms with van der Waals surface area (Å²) in [6, 6.07) is 3.75. The van der Waals surface area contributed by atoms with E-state index >= 15 is 0 Å². The Labute approximate surface area is 164 Å². The number of piperidine rings is 1. The van der Waals surface area contributed by atoms with Crippen LogP contribution in [0.1, 0.15) is 43.9 Å². The van der Waals surface area contributed by atoms with E-state index in [1.807, 2.05) is 24.3 Å². The van der Waals surface area contributed by atoms with E-state index in [-0.39, 0.29) is 42.1 Å². The standard InChI is InChI=1S/C21H27N3O4/c25-19(14-24-20(26)15-7-2-3-8-16(15)21(24)27)22-13-17(18-9-6-12-28-18)23-10-4-1-5-11-23/h2-3,6,9,12,15-17H,1,4-5,7-8,10-11,13-14H2,(H,22,25)/t15-,16+,17-/m0/s1. The summed E-state index contributed by atoms with van der Waals surface area (Å²) in [6.07, 6.45) is 10.2. The average Bonchev–Trinajstić information content (AvgIpc) is 3.33. The summed E-state index contributed by atoms with van der Waals surface area (Å²) in [5.74, 6) is -0.500. The van der Waals surface area contributed by atoms with Crippen molar-refractivity contribution in [3.8, 4) is 0 Å². The first kappa shape index (κ1) is 18.9. The van der Waals surface area contributed by atoms with Gasteiger partial charge in [0.1, 0.15) is 12.3 Å². The van der Waals surface area contributed by atoms with Crippen LogP contribution in [0.2, 0.25) is 0 Å². The number of amides is 3. The van der Waals surface area contributed by atoms with Crippen LogP contribution in [0.3, 0.4) is 0 Å². The molecule has 3 atom stereocenters. The van der Waals surface area contributed by atoms with E-state index in [9.17, 15) is 14.4 Å². The minimum atomic E-state index is -0.304. The molecular weight excluding hydrogens is 358 g/mol. The highest BCUT2D eigenvalue weighted by atomic mass is 16.3. The molecule has 2 saturated heterocycles. The van der Waals surface area contributed by atoms with Crippen LogP contribution in [-0.2, 0) is 14.4 Å². The maximum atomic E-state index is 12.5. The molecule has 150 valence electrons. The molecule has 0 saturated carbocycles. The number of rotatable bonds is 6. The predicted octanol–water partition coefficient (Wildman–Crippen LogP) is 1.87. The summed E-state index contributed by atoms with van der Waals surface area (Å²) in [4.78, 5) is 41.1. The lowest BCUT2D eigenvalue weighted by Crippen LogP contribution is -2.45. The summed E-state index contributed by atoms with van der Waals surface area (Å²) in [5, 5.41) is 2.92. The van der Waals surface area contributed by atoms with E-state index in [2.05, 4.69) is 10.2 Å². The quantitative estimate of drug-likeness (QED) is 0.597. The average molecular weight is 385 g/mol. The summed E-state index contributed by atoms with van der Waals surface area (Å²) in [6.45, 7) is 2.15. The van der Waals surface area contributed by atoms with E-state index in [4.69, 9.17) is 4.42 Å². The first-order chi connectivity index (χ1) is 13.6. The van der Waals surface area contributed by atoms with Crippen LogP contribution in [0.15, 0.2) is 35.0 Å². The zero-order valence-electron chi connectivity index (χ0n) is 16.0. The van der Waals surface area contributed by atoms with E-state index in [1.165, 1.54) is 6.42 Å². The number of nitrogens with zero attached hydrogens (tertiary/aromatic N) is 2. The van der Waals surface area contributed by atoms with Gasteiger partial charge in [-0.15, -0.1) is 0 Å². The molecule has 2 aliphatic heterocycles. The molecule has 4 rings (SSSR count). The topological polar surface area (TPSA) is 82.9 Å². The van der Waals surface area contributed by atoms with Crippen molar-refractivity contribution >= 4 is 17.7 Å². The van der Waals surface area contributed by atoms with Crippen LogP contribution in [0.25, 0.3) is 0 Å². The Morgan fingerprint density at radius 3 is 2.39 bits per heavy atom. The molecule has 1 aliphatic carbocycles. The van der Waals surface area contributed by atoms with Gasteiger partial charge in [0.15, 0.2) is 0 Å². The Hall–Kier alpha value is -2.41. The lowest BCUT2D eigenvalue weighted by molar-refractivity contribution is -0.143. The van der Waals surface area contributed by atoms with Gasteiger partial charge in [0.25, 0.3) is 0 Å². The molecule has 1 N–H and O–H groups in total. The third kappa shape index (κ3) is 3.76. The molecule has 2 fully saturated rings. The number of fused-ring (bicyclic) bond motifs is 1. The largest absolute Gasteiger partial charge is 0.468 e. The van der Waals surface area contributed by atoms with Crippen LogP contribution >= 0.6 is 0 Å². The third-order valence-corrected chi connectivity index (χ3v) is 6.10. The second-order valence-corrected chi connectivity index (χ2v) is 7.85. The van der Waals surface area contributed by atoms with Crippen molar-refractivity contribution in [3.63, 3.8) is 0 Å². The third-order valence-electron chi connectivity index (χ3n) is 6.10. The Kier molecular flexibility index (Phi) is 5.62. The molecule has 3 heterocycles. The second-order valence-electron chi connectivity index (χ2n) is 7.85. The van der Waals surface area contributed by atoms with Gasteiger partial charge in [0, 0.05) is 6.54 Å². The highest BCUT2D eigenvalue weighted by Crippen LogP contribution is 2.34. The number of carbonyl (C=O) groups is 3. The molecule has 7 nitrogen and oxygen atoms in total. The van der Waals surface area contributed by atoms with Crippen molar-refractivity contribution in [2.45, 2.75) is 38.1 Å². The zero-order valence-corrected chi connectivity index (χ0v) is 16.0. The number of furan rings is 1. The van der Waals surface area contributed by atoms with Gasteiger partial charge in [-0.05, 0) is 50.9 Å². The smallest absolute Gasteiger partial charge is 0.240 e.